The third-order valence-electron chi connectivity index (χ3n) is 3.91. The number of aromatic nitrogens is 2. The summed E-state index contributed by atoms with van der Waals surface area (Å²) in [7, 11) is 2.01. The molecule has 25 heavy (non-hydrogen) atoms. The van der Waals surface area contributed by atoms with E-state index < -0.39 is 0 Å². The average molecular weight is 353 g/mol. The fourth-order valence-electron chi connectivity index (χ4n) is 2.60. The van der Waals surface area contributed by atoms with Gasteiger partial charge in [-0.15, -0.1) is 0 Å². The summed E-state index contributed by atoms with van der Waals surface area (Å²) >= 11 is 6.02. The molecule has 1 aromatic heterocycles. The first-order chi connectivity index (χ1) is 12.1. The fourth-order valence-corrected chi connectivity index (χ4v) is 2.81. The van der Waals surface area contributed by atoms with Crippen molar-refractivity contribution < 1.29 is 0 Å². The van der Waals surface area contributed by atoms with Gasteiger partial charge in [-0.25, -0.2) is 4.98 Å². The number of benzene rings is 2. The number of hydrogen-bond donors (Lipinski definition) is 1. The Morgan fingerprint density at radius 1 is 1.00 bits per heavy atom. The molecule has 0 amide bonds. The maximum Gasteiger partial charge on any atom is 0.224 e. The predicted molar refractivity (Wildman–Crippen MR) is 105 cm³/mol. The quantitative estimate of drug-likeness (QED) is 0.687. The Morgan fingerprint density at radius 3 is 2.56 bits per heavy atom. The third-order valence-corrected chi connectivity index (χ3v) is 4.15. The minimum absolute atomic E-state index is 0.639. The van der Waals surface area contributed by atoms with Gasteiger partial charge in [0.05, 0.1) is 0 Å². The lowest BCUT2D eigenvalue weighted by atomic mass is 10.1. The molecule has 0 bridgehead atoms. The maximum atomic E-state index is 6.02. The second-order valence-corrected chi connectivity index (χ2v) is 6.33. The van der Waals surface area contributed by atoms with Crippen LogP contribution in [-0.4, -0.2) is 23.6 Å². The van der Waals surface area contributed by atoms with Gasteiger partial charge in [-0.05, 0) is 43.2 Å². The lowest BCUT2D eigenvalue weighted by Crippen LogP contribution is -2.14. The van der Waals surface area contributed by atoms with Crippen LogP contribution in [0.1, 0.15) is 11.3 Å². The first-order valence-corrected chi connectivity index (χ1v) is 8.62. The van der Waals surface area contributed by atoms with Crippen LogP contribution in [0.15, 0.2) is 60.7 Å². The molecule has 4 nitrogen and oxygen atoms in total. The smallest absolute Gasteiger partial charge is 0.224 e. The highest BCUT2D eigenvalue weighted by molar-refractivity contribution is 6.30. The van der Waals surface area contributed by atoms with E-state index in [0.717, 1.165) is 35.2 Å². The molecular weight excluding hydrogens is 332 g/mol. The minimum atomic E-state index is 0.639. The fraction of sp³-hybridized carbons (Fsp3) is 0.200. The van der Waals surface area contributed by atoms with Crippen molar-refractivity contribution in [3.63, 3.8) is 0 Å². The SMILES string of the molecule is Cc1cc(N(C)c2ccccc2)nc(NCCc2cccc(Cl)c2)n1. The third kappa shape index (κ3) is 4.70. The maximum absolute atomic E-state index is 6.02. The summed E-state index contributed by atoms with van der Waals surface area (Å²) in [6.07, 6.45) is 0.863. The molecule has 5 heteroatoms. The number of aryl methyl sites for hydroxylation is 1. The minimum Gasteiger partial charge on any atom is -0.354 e. The van der Waals surface area contributed by atoms with Crippen LogP contribution in [0, 0.1) is 6.92 Å². The monoisotopic (exact) mass is 352 g/mol. The zero-order valence-corrected chi connectivity index (χ0v) is 15.2. The summed E-state index contributed by atoms with van der Waals surface area (Å²) < 4.78 is 0. The van der Waals surface area contributed by atoms with Crippen LogP contribution in [0.5, 0.6) is 0 Å². The number of hydrogen-bond acceptors (Lipinski definition) is 4. The van der Waals surface area contributed by atoms with Gasteiger partial charge < -0.3 is 10.2 Å². The molecule has 2 aromatic carbocycles. The highest BCUT2D eigenvalue weighted by atomic mass is 35.5. The van der Waals surface area contributed by atoms with E-state index in [1.807, 2.05) is 56.4 Å². The van der Waals surface area contributed by atoms with Crippen molar-refractivity contribution in [2.24, 2.45) is 0 Å². The average Bonchev–Trinajstić information content (AvgIpc) is 2.61. The molecule has 0 saturated carbocycles. The van der Waals surface area contributed by atoms with Crippen LogP contribution in [0.25, 0.3) is 0 Å². The summed E-state index contributed by atoms with van der Waals surface area (Å²) in [6, 6.07) is 20.0. The van der Waals surface area contributed by atoms with Crippen LogP contribution in [-0.2, 0) is 6.42 Å². The van der Waals surface area contributed by atoms with Crippen molar-refractivity contribution >= 4 is 29.1 Å². The van der Waals surface area contributed by atoms with E-state index in [1.165, 1.54) is 5.56 Å². The number of para-hydroxylation sites is 1. The molecule has 0 atom stereocenters. The lowest BCUT2D eigenvalue weighted by Gasteiger charge is -2.19. The van der Waals surface area contributed by atoms with Crippen LogP contribution in [0.3, 0.4) is 0 Å². The van der Waals surface area contributed by atoms with Crippen molar-refractivity contribution in [1.29, 1.82) is 0 Å². The molecule has 0 fully saturated rings. The Labute approximate surface area is 153 Å². The highest BCUT2D eigenvalue weighted by Crippen LogP contribution is 2.22. The van der Waals surface area contributed by atoms with Crippen molar-refractivity contribution in [3.05, 3.63) is 76.9 Å². The normalized spacial score (nSPS) is 10.5. The van der Waals surface area contributed by atoms with Crippen molar-refractivity contribution in [2.45, 2.75) is 13.3 Å². The highest BCUT2D eigenvalue weighted by Gasteiger charge is 2.08. The van der Waals surface area contributed by atoms with Gasteiger partial charge in [-0.2, -0.15) is 4.98 Å². The summed E-state index contributed by atoms with van der Waals surface area (Å²) in [5.74, 6) is 1.50. The topological polar surface area (TPSA) is 41.1 Å². The van der Waals surface area contributed by atoms with E-state index in [4.69, 9.17) is 11.6 Å². The molecule has 3 rings (SSSR count). The van der Waals surface area contributed by atoms with Gasteiger partial charge in [0.25, 0.3) is 0 Å². The Morgan fingerprint density at radius 2 is 1.80 bits per heavy atom. The molecule has 0 aliphatic rings. The van der Waals surface area contributed by atoms with Gasteiger partial charge in [0.15, 0.2) is 0 Å². The van der Waals surface area contributed by atoms with Crippen LogP contribution < -0.4 is 10.2 Å². The van der Waals surface area contributed by atoms with E-state index in [2.05, 4.69) is 38.4 Å². The zero-order valence-electron chi connectivity index (χ0n) is 14.4. The van der Waals surface area contributed by atoms with E-state index in [0.29, 0.717) is 5.95 Å². The molecule has 0 spiro atoms. The van der Waals surface area contributed by atoms with E-state index in [1.54, 1.807) is 0 Å². The second kappa shape index (κ2) is 7.99. The molecule has 0 aliphatic heterocycles. The largest absolute Gasteiger partial charge is 0.354 e. The summed E-state index contributed by atoms with van der Waals surface area (Å²) in [5, 5.41) is 4.07. The summed E-state index contributed by atoms with van der Waals surface area (Å²) in [6.45, 7) is 2.73. The van der Waals surface area contributed by atoms with Gasteiger partial charge >= 0.3 is 0 Å². The predicted octanol–water partition coefficient (Wildman–Crippen LogP) is 4.86. The Bertz CT molecular complexity index is 836. The van der Waals surface area contributed by atoms with E-state index >= 15 is 0 Å². The van der Waals surface area contributed by atoms with Crippen LogP contribution in [0.4, 0.5) is 17.5 Å². The molecule has 1 heterocycles. The number of anilines is 3. The Balaban J connectivity index is 1.69. The zero-order chi connectivity index (χ0) is 17.6. The van der Waals surface area contributed by atoms with E-state index in [9.17, 15) is 0 Å². The molecular formula is C20H21ClN4. The first kappa shape index (κ1) is 17.2. The molecule has 0 radical (unpaired) electrons. The van der Waals surface area contributed by atoms with Crippen molar-refractivity contribution in [3.8, 4) is 0 Å². The Hall–Kier alpha value is -2.59. The van der Waals surface area contributed by atoms with E-state index in [-0.39, 0.29) is 0 Å². The number of rotatable bonds is 6. The van der Waals surface area contributed by atoms with Gasteiger partial charge in [0.1, 0.15) is 5.82 Å². The first-order valence-electron chi connectivity index (χ1n) is 8.24. The molecule has 128 valence electrons. The van der Waals surface area contributed by atoms with Gasteiger partial charge in [-0.1, -0.05) is 41.9 Å². The van der Waals surface area contributed by atoms with Gasteiger partial charge in [-0.3, -0.25) is 0 Å². The number of halogens is 1. The van der Waals surface area contributed by atoms with Crippen LogP contribution in [0.2, 0.25) is 5.02 Å². The molecule has 3 aromatic rings. The van der Waals surface area contributed by atoms with Crippen LogP contribution >= 0.6 is 11.6 Å². The lowest BCUT2D eigenvalue weighted by molar-refractivity contribution is 0.966. The standard InChI is InChI=1S/C20H21ClN4/c1-15-13-19(25(2)18-9-4-3-5-10-18)24-20(23-15)22-12-11-16-7-6-8-17(21)14-16/h3-10,13-14H,11-12H2,1-2H3,(H,22,23,24). The molecule has 0 saturated heterocycles. The van der Waals surface area contributed by atoms with Crippen molar-refractivity contribution in [1.82, 2.24) is 9.97 Å². The number of nitrogens with one attached hydrogen (secondary N) is 1. The molecule has 1 N–H and O–H groups in total. The van der Waals surface area contributed by atoms with Gasteiger partial charge in [0, 0.05) is 36.1 Å². The summed E-state index contributed by atoms with van der Waals surface area (Å²) in [4.78, 5) is 11.2. The van der Waals surface area contributed by atoms with Crippen molar-refractivity contribution in [2.75, 3.05) is 23.8 Å². The van der Waals surface area contributed by atoms with Gasteiger partial charge in [0.2, 0.25) is 5.95 Å². The molecule has 0 unspecified atom stereocenters. The summed E-state index contributed by atoms with van der Waals surface area (Å²) in [5.41, 5.74) is 3.21. The molecule has 0 aliphatic carbocycles. The number of nitrogens with zero attached hydrogens (tertiary/aromatic N) is 3. The second-order valence-electron chi connectivity index (χ2n) is 5.89. The Kier molecular flexibility index (Phi) is 5.51.